The van der Waals surface area contributed by atoms with Gasteiger partial charge in [-0.15, -0.1) is 0 Å². The number of amidine groups is 1. The molecule has 5 rings (SSSR count). The zero-order valence-electron chi connectivity index (χ0n) is 16.1. The summed E-state index contributed by atoms with van der Waals surface area (Å²) in [5, 5.41) is 0. The van der Waals surface area contributed by atoms with Crippen molar-refractivity contribution < 1.29 is 4.79 Å². The Kier molecular flexibility index (Phi) is 3.40. The van der Waals surface area contributed by atoms with E-state index in [4.69, 9.17) is 4.99 Å². The minimum absolute atomic E-state index is 0.0412. The molecule has 2 aromatic rings. The maximum atomic E-state index is 13.6. The van der Waals surface area contributed by atoms with Crippen LogP contribution >= 0.6 is 0 Å². The standard InChI is InChI=1S/C23H25N3O/c1-22(2)16-12-13-23(22,3)19-18(16)26(21(27)15-9-5-4-6-10-15)20(25-19)17-11-7-8-14-24-17/h4-11,14,16,18-19H,12-13H2,1-3H3/t16-,18-,19-,23+/m1/s1. The molecule has 2 saturated carbocycles. The molecule has 2 bridgehead atoms. The molecule has 0 unspecified atom stereocenters. The van der Waals surface area contributed by atoms with Crippen LogP contribution in [-0.2, 0) is 0 Å². The van der Waals surface area contributed by atoms with Gasteiger partial charge in [0.25, 0.3) is 5.91 Å². The van der Waals surface area contributed by atoms with Crippen LogP contribution < -0.4 is 0 Å². The van der Waals surface area contributed by atoms with E-state index in [0.29, 0.717) is 11.5 Å². The molecule has 1 aromatic carbocycles. The highest BCUT2D eigenvalue weighted by molar-refractivity contribution is 6.13. The highest BCUT2D eigenvalue weighted by Crippen LogP contribution is 2.68. The minimum Gasteiger partial charge on any atom is -0.286 e. The molecule has 2 aliphatic carbocycles. The molecule has 2 fully saturated rings. The predicted molar refractivity (Wildman–Crippen MR) is 106 cm³/mol. The molecule has 138 valence electrons. The van der Waals surface area contributed by atoms with Crippen molar-refractivity contribution in [2.75, 3.05) is 0 Å². The third-order valence-electron chi connectivity index (χ3n) is 7.68. The number of hydrogen-bond donors (Lipinski definition) is 0. The first-order valence-corrected chi connectivity index (χ1v) is 9.83. The normalized spacial score (nSPS) is 33.1. The lowest BCUT2D eigenvalue weighted by Crippen LogP contribution is -2.48. The van der Waals surface area contributed by atoms with E-state index in [1.165, 1.54) is 6.42 Å². The molecule has 0 saturated heterocycles. The summed E-state index contributed by atoms with van der Waals surface area (Å²) in [5.74, 6) is 1.25. The first-order chi connectivity index (χ1) is 12.9. The highest BCUT2D eigenvalue weighted by atomic mass is 16.2. The molecule has 3 aliphatic rings. The van der Waals surface area contributed by atoms with Gasteiger partial charge in [-0.3, -0.25) is 19.7 Å². The molecule has 1 aliphatic heterocycles. The highest BCUT2D eigenvalue weighted by Gasteiger charge is 2.70. The van der Waals surface area contributed by atoms with Gasteiger partial charge >= 0.3 is 0 Å². The molecule has 4 atom stereocenters. The summed E-state index contributed by atoms with van der Waals surface area (Å²) in [7, 11) is 0. The van der Waals surface area contributed by atoms with Gasteiger partial charge in [-0.1, -0.05) is 45.0 Å². The predicted octanol–water partition coefficient (Wildman–Crippen LogP) is 4.18. The largest absolute Gasteiger partial charge is 0.286 e. The van der Waals surface area contributed by atoms with E-state index in [1.54, 1.807) is 6.20 Å². The van der Waals surface area contributed by atoms with E-state index >= 15 is 0 Å². The molecular formula is C23H25N3O. The lowest BCUT2D eigenvalue weighted by molar-refractivity contribution is 0.0757. The Morgan fingerprint density at radius 2 is 1.81 bits per heavy atom. The Morgan fingerprint density at radius 1 is 1.07 bits per heavy atom. The van der Waals surface area contributed by atoms with E-state index in [2.05, 4.69) is 25.8 Å². The van der Waals surface area contributed by atoms with Crippen LogP contribution in [0.4, 0.5) is 0 Å². The van der Waals surface area contributed by atoms with E-state index in [1.807, 2.05) is 53.4 Å². The fourth-order valence-electron chi connectivity index (χ4n) is 5.80. The number of rotatable bonds is 2. The van der Waals surface area contributed by atoms with Crippen LogP contribution in [0.25, 0.3) is 0 Å². The Bertz CT molecular complexity index is 921. The molecule has 4 nitrogen and oxygen atoms in total. The number of nitrogens with zero attached hydrogens (tertiary/aromatic N) is 3. The van der Waals surface area contributed by atoms with E-state index < -0.39 is 0 Å². The van der Waals surface area contributed by atoms with Crippen molar-refractivity contribution in [2.45, 2.75) is 45.7 Å². The van der Waals surface area contributed by atoms with Crippen LogP contribution in [0.15, 0.2) is 59.7 Å². The van der Waals surface area contributed by atoms with Crippen molar-refractivity contribution in [2.24, 2.45) is 21.7 Å². The third-order valence-corrected chi connectivity index (χ3v) is 7.68. The average Bonchev–Trinajstić information content (AvgIpc) is 3.24. The number of amides is 1. The SMILES string of the molecule is CC1(C)[C@@H]2CC[C@@]1(C)[C@@H]1N=C(c3ccccn3)N(C(=O)c3ccccc3)[C@H]21. The van der Waals surface area contributed by atoms with Crippen LogP contribution in [0, 0.1) is 16.7 Å². The van der Waals surface area contributed by atoms with E-state index in [0.717, 1.165) is 18.0 Å². The summed E-state index contributed by atoms with van der Waals surface area (Å²) in [4.78, 5) is 25.2. The van der Waals surface area contributed by atoms with Crippen molar-refractivity contribution in [3.63, 3.8) is 0 Å². The summed E-state index contributed by atoms with van der Waals surface area (Å²) < 4.78 is 0. The third kappa shape index (κ3) is 2.07. The maximum absolute atomic E-state index is 13.6. The van der Waals surface area contributed by atoms with Crippen LogP contribution in [-0.4, -0.2) is 33.7 Å². The van der Waals surface area contributed by atoms with Crippen molar-refractivity contribution in [1.82, 2.24) is 9.88 Å². The van der Waals surface area contributed by atoms with Gasteiger partial charge in [0.15, 0.2) is 5.84 Å². The Balaban J connectivity index is 1.65. The number of hydrogen-bond acceptors (Lipinski definition) is 3. The van der Waals surface area contributed by atoms with Gasteiger partial charge in [0.2, 0.25) is 0 Å². The molecule has 1 amide bonds. The van der Waals surface area contributed by atoms with Crippen molar-refractivity contribution in [3.05, 3.63) is 66.0 Å². The van der Waals surface area contributed by atoms with E-state index in [9.17, 15) is 4.79 Å². The average molecular weight is 359 g/mol. The zero-order chi connectivity index (χ0) is 18.8. The van der Waals surface area contributed by atoms with Gasteiger partial charge in [-0.2, -0.15) is 0 Å². The Labute approximate surface area is 160 Å². The Hall–Kier alpha value is -2.49. The first kappa shape index (κ1) is 16.7. The van der Waals surface area contributed by atoms with Gasteiger partial charge in [0, 0.05) is 11.8 Å². The number of pyridine rings is 1. The summed E-state index contributed by atoms with van der Waals surface area (Å²) in [6.07, 6.45) is 4.11. The van der Waals surface area contributed by atoms with Crippen molar-refractivity contribution in [3.8, 4) is 0 Å². The van der Waals surface area contributed by atoms with Gasteiger partial charge in [0.1, 0.15) is 5.69 Å². The number of carbonyl (C=O) groups excluding carboxylic acids is 1. The fourth-order valence-corrected chi connectivity index (χ4v) is 5.80. The molecule has 0 radical (unpaired) electrons. The second kappa shape index (κ2) is 5.51. The minimum atomic E-state index is 0.0412. The molecule has 0 spiro atoms. The van der Waals surface area contributed by atoms with Crippen LogP contribution in [0.3, 0.4) is 0 Å². The van der Waals surface area contributed by atoms with Crippen molar-refractivity contribution in [1.29, 1.82) is 0 Å². The van der Waals surface area contributed by atoms with Gasteiger partial charge in [0.05, 0.1) is 12.1 Å². The van der Waals surface area contributed by atoms with Crippen molar-refractivity contribution >= 4 is 11.7 Å². The number of aromatic nitrogens is 1. The van der Waals surface area contributed by atoms with E-state index in [-0.39, 0.29) is 28.8 Å². The molecular weight excluding hydrogens is 334 g/mol. The van der Waals surface area contributed by atoms with Gasteiger partial charge in [-0.05, 0) is 53.9 Å². The Morgan fingerprint density at radius 3 is 2.52 bits per heavy atom. The zero-order valence-corrected chi connectivity index (χ0v) is 16.1. The van der Waals surface area contributed by atoms with Gasteiger partial charge < -0.3 is 0 Å². The lowest BCUT2D eigenvalue weighted by atomic mass is 9.69. The second-order valence-electron chi connectivity index (χ2n) is 8.93. The summed E-state index contributed by atoms with van der Waals surface area (Å²) >= 11 is 0. The number of benzene rings is 1. The topological polar surface area (TPSA) is 45.6 Å². The quantitative estimate of drug-likeness (QED) is 0.807. The fraction of sp³-hybridized carbons (Fsp3) is 0.435. The second-order valence-corrected chi connectivity index (χ2v) is 8.93. The maximum Gasteiger partial charge on any atom is 0.259 e. The lowest BCUT2D eigenvalue weighted by Gasteiger charge is -2.36. The van der Waals surface area contributed by atoms with Crippen LogP contribution in [0.2, 0.25) is 0 Å². The summed E-state index contributed by atoms with van der Waals surface area (Å²) in [5.41, 5.74) is 1.80. The monoisotopic (exact) mass is 359 g/mol. The molecule has 0 N–H and O–H groups in total. The smallest absolute Gasteiger partial charge is 0.259 e. The summed E-state index contributed by atoms with van der Waals surface area (Å²) in [6.45, 7) is 7.10. The molecule has 4 heteroatoms. The molecule has 1 aromatic heterocycles. The number of fused-ring (bicyclic) bond motifs is 5. The number of carbonyl (C=O) groups is 1. The number of aliphatic imine (C=N–C) groups is 1. The van der Waals surface area contributed by atoms with Crippen LogP contribution in [0.5, 0.6) is 0 Å². The first-order valence-electron chi connectivity index (χ1n) is 9.83. The van der Waals surface area contributed by atoms with Crippen LogP contribution in [0.1, 0.15) is 49.7 Å². The molecule has 2 heterocycles. The summed E-state index contributed by atoms with van der Waals surface area (Å²) in [6, 6.07) is 15.7. The molecule has 27 heavy (non-hydrogen) atoms. The van der Waals surface area contributed by atoms with Gasteiger partial charge in [-0.25, -0.2) is 0 Å².